The summed E-state index contributed by atoms with van der Waals surface area (Å²) in [4.78, 5) is 34.3. The van der Waals surface area contributed by atoms with Gasteiger partial charge in [-0.1, -0.05) is 27.7 Å². The number of rotatable bonds is 13. The van der Waals surface area contributed by atoms with Gasteiger partial charge >= 0.3 is 0 Å². The van der Waals surface area contributed by atoms with E-state index in [0.29, 0.717) is 0 Å². The lowest BCUT2D eigenvalue weighted by Gasteiger charge is -2.28. The number of ketones is 1. The van der Waals surface area contributed by atoms with Crippen molar-refractivity contribution < 1.29 is 28.7 Å². The zero-order valence-electron chi connectivity index (χ0n) is 26.0. The minimum absolute atomic E-state index is 0.00218. The number of H-pyrrole nitrogens is 2. The van der Waals surface area contributed by atoms with E-state index in [9.17, 15) is 14.9 Å². The van der Waals surface area contributed by atoms with Crippen molar-refractivity contribution in [2.45, 2.75) is 79.4 Å². The van der Waals surface area contributed by atoms with E-state index in [0.717, 1.165) is 34.8 Å². The molecule has 0 aliphatic carbocycles. The lowest BCUT2D eigenvalue weighted by molar-refractivity contribution is -0.540. The molecule has 2 aromatic heterocycles. The van der Waals surface area contributed by atoms with Gasteiger partial charge in [0, 0.05) is 86.5 Å². The van der Waals surface area contributed by atoms with Crippen molar-refractivity contribution in [3.63, 3.8) is 0 Å². The van der Waals surface area contributed by atoms with E-state index >= 15 is 0 Å². The van der Waals surface area contributed by atoms with Gasteiger partial charge in [0.1, 0.15) is 0 Å². The van der Waals surface area contributed by atoms with Gasteiger partial charge in [-0.2, -0.15) is 0 Å². The Hall–Kier alpha value is -3.12. The summed E-state index contributed by atoms with van der Waals surface area (Å²) in [5.74, 6) is -0.301. The van der Waals surface area contributed by atoms with Crippen LogP contribution in [0.15, 0.2) is 35.2 Å². The molecule has 0 radical (unpaired) electrons. The molecule has 0 bridgehead atoms. The van der Waals surface area contributed by atoms with Crippen molar-refractivity contribution in [2.75, 3.05) is 28.4 Å². The highest BCUT2D eigenvalue weighted by Crippen LogP contribution is 2.40. The fourth-order valence-corrected chi connectivity index (χ4v) is 4.91. The molecule has 1 aliphatic heterocycles. The molecule has 11 heteroatoms. The molecule has 0 aromatic carbocycles. The Morgan fingerprint density at radius 1 is 1.07 bits per heavy atom. The molecule has 3 rings (SSSR count). The predicted molar refractivity (Wildman–Crippen MR) is 158 cm³/mol. The number of aliphatic imine (C=N–C) groups is 1. The van der Waals surface area contributed by atoms with E-state index in [4.69, 9.17) is 23.9 Å². The smallest absolute Gasteiger partial charge is 0.224 e. The zero-order chi connectivity index (χ0) is 31.0. The fraction of sp³-hybridized carbons (Fsp3) is 0.600. The summed E-state index contributed by atoms with van der Waals surface area (Å²) in [6, 6.07) is 3.05. The molecule has 0 saturated carbocycles. The van der Waals surface area contributed by atoms with E-state index in [1.165, 1.54) is 19.8 Å². The van der Waals surface area contributed by atoms with Gasteiger partial charge in [-0.25, -0.2) is 0 Å². The maximum atomic E-state index is 12.1. The first kappa shape index (κ1) is 34.1. The number of hydrogen-bond donors (Lipinski definition) is 2. The van der Waals surface area contributed by atoms with Crippen LogP contribution in [0.1, 0.15) is 63.1 Å². The predicted octanol–water partition coefficient (Wildman–Crippen LogP) is 5.27. The van der Waals surface area contributed by atoms with E-state index in [2.05, 4.69) is 42.9 Å². The van der Waals surface area contributed by atoms with Crippen LogP contribution in [-0.2, 0) is 30.2 Å². The highest BCUT2D eigenvalue weighted by molar-refractivity contribution is 5.92. The Balaban J connectivity index is 0.000000289. The number of nitro groups is 1. The summed E-state index contributed by atoms with van der Waals surface area (Å²) in [5, 5.41) is 11.5. The minimum atomic E-state index is -0.987. The molecule has 0 fully saturated rings. The number of carbonyl (C=O) groups is 1. The molecular weight excluding hydrogens is 528 g/mol. The zero-order valence-corrected chi connectivity index (χ0v) is 26.0. The second-order valence-corrected chi connectivity index (χ2v) is 11.7. The molecule has 228 valence electrons. The number of hydrogen-bond acceptors (Lipinski definition) is 8. The van der Waals surface area contributed by atoms with Crippen molar-refractivity contribution in [1.29, 1.82) is 0 Å². The minimum Gasteiger partial charge on any atom is -0.365 e. The average molecular weight is 575 g/mol. The van der Waals surface area contributed by atoms with Crippen LogP contribution in [0, 0.1) is 34.8 Å². The van der Waals surface area contributed by atoms with Crippen molar-refractivity contribution in [3.8, 4) is 0 Å². The lowest BCUT2D eigenvalue weighted by Crippen LogP contribution is -2.42. The van der Waals surface area contributed by atoms with Gasteiger partial charge in [0.05, 0.1) is 12.1 Å². The molecule has 41 heavy (non-hydrogen) atoms. The van der Waals surface area contributed by atoms with Gasteiger partial charge in [-0.05, 0) is 43.2 Å². The Morgan fingerprint density at radius 2 is 1.66 bits per heavy atom. The van der Waals surface area contributed by atoms with Gasteiger partial charge in [0.2, 0.25) is 12.3 Å². The Morgan fingerprint density at radius 3 is 2.12 bits per heavy atom. The van der Waals surface area contributed by atoms with E-state index in [1.54, 1.807) is 34.3 Å². The summed E-state index contributed by atoms with van der Waals surface area (Å²) >= 11 is 0. The summed E-state index contributed by atoms with van der Waals surface area (Å²) in [7, 11) is 6.01. The third kappa shape index (κ3) is 8.93. The first-order chi connectivity index (χ1) is 19.2. The molecule has 2 aromatic rings. The topological polar surface area (TPSA) is 141 Å². The van der Waals surface area contributed by atoms with Crippen LogP contribution in [0.3, 0.4) is 0 Å². The van der Waals surface area contributed by atoms with Crippen LogP contribution in [0.2, 0.25) is 0 Å². The second kappa shape index (κ2) is 14.7. The number of aromatic nitrogens is 2. The van der Waals surface area contributed by atoms with Gasteiger partial charge in [0.25, 0.3) is 0 Å². The molecule has 0 spiro atoms. The number of methoxy groups -OCH3 is 4. The molecule has 1 unspecified atom stereocenters. The quantitative estimate of drug-likeness (QED) is 0.189. The Bertz CT molecular complexity index is 1220. The van der Waals surface area contributed by atoms with Gasteiger partial charge in [-0.15, -0.1) is 0 Å². The molecule has 0 amide bonds. The van der Waals surface area contributed by atoms with Crippen LogP contribution in [-0.4, -0.2) is 73.4 Å². The number of nitrogens with one attached hydrogen (secondary N) is 2. The molecule has 1 aliphatic rings. The highest BCUT2D eigenvalue weighted by atomic mass is 16.7. The number of allylic oxidation sites excluding steroid dienone is 1. The van der Waals surface area contributed by atoms with Crippen molar-refractivity contribution in [1.82, 2.24) is 9.97 Å². The number of aryl methyl sites for hydroxylation is 2. The summed E-state index contributed by atoms with van der Waals surface area (Å²) in [6.07, 6.45) is 5.58. The first-order valence-electron chi connectivity index (χ1n) is 13.5. The number of nitrogens with zero attached hydrogens (tertiary/aromatic N) is 2. The average Bonchev–Trinajstić information content (AvgIpc) is 3.57. The van der Waals surface area contributed by atoms with E-state index in [-0.39, 0.29) is 35.3 Å². The molecule has 2 N–H and O–H groups in total. The maximum absolute atomic E-state index is 12.1. The number of aromatic amines is 2. The summed E-state index contributed by atoms with van der Waals surface area (Å²) in [5.41, 5.74) is 5.31. The monoisotopic (exact) mass is 574 g/mol. The highest BCUT2D eigenvalue weighted by Gasteiger charge is 2.42. The van der Waals surface area contributed by atoms with Gasteiger partial charge in [-0.3, -0.25) is 19.9 Å². The van der Waals surface area contributed by atoms with Crippen molar-refractivity contribution >= 4 is 17.6 Å². The molecule has 0 saturated heterocycles. The molecule has 11 nitrogen and oxygen atoms in total. The van der Waals surface area contributed by atoms with E-state index in [1.807, 2.05) is 19.2 Å². The maximum Gasteiger partial charge on any atom is 0.224 e. The van der Waals surface area contributed by atoms with Crippen LogP contribution < -0.4 is 0 Å². The second-order valence-electron chi connectivity index (χ2n) is 11.7. The Labute approximate surface area is 242 Å². The molecule has 3 heterocycles. The standard InChI is InChI=1S/C15H24N2O5.C15H22N2O2/c1-10-6-7-16-11(10)8-13(17(19)20)15(2,3)9-12(18)14(21-4)22-5;1-10-6-7-16-11(10)8-13-15(2,3)9-12(17-13)14(18-4)19-5/h6-7,13-14,16H,8-9H2,1-5H3;6-8,14,16H,9H2,1-5H3/b;13-8-. The van der Waals surface area contributed by atoms with Crippen molar-refractivity contribution in [3.05, 3.63) is 62.9 Å². The molecular formula is C30H46N4O7. The summed E-state index contributed by atoms with van der Waals surface area (Å²) in [6.45, 7) is 11.8. The van der Waals surface area contributed by atoms with Crippen LogP contribution >= 0.6 is 0 Å². The summed E-state index contributed by atoms with van der Waals surface area (Å²) < 4.78 is 20.4. The molecule has 1 atom stereocenters. The first-order valence-corrected chi connectivity index (χ1v) is 13.5. The third-order valence-corrected chi connectivity index (χ3v) is 7.50. The van der Waals surface area contributed by atoms with E-state index < -0.39 is 17.7 Å². The Kier molecular flexibility index (Phi) is 12.2. The number of carbonyl (C=O) groups excluding carboxylic acids is 1. The lowest BCUT2D eigenvalue weighted by atomic mass is 9.77. The number of ether oxygens (including phenoxy) is 4. The van der Waals surface area contributed by atoms with Crippen LogP contribution in [0.4, 0.5) is 0 Å². The number of Topliss-reactive ketones (excluding diaryl/α,β-unsaturated/α-hetero) is 1. The largest absolute Gasteiger partial charge is 0.365 e. The SMILES string of the molecule is COC(OC)C(=O)CC(C)(C)C(Cc1[nH]ccc1C)[N+](=O)[O-].COC(OC)C1=N/C(=C\c2[nH]ccc2C)C(C)(C)C1. The van der Waals surface area contributed by atoms with Crippen molar-refractivity contribution in [2.24, 2.45) is 15.8 Å². The van der Waals surface area contributed by atoms with Gasteiger partial charge < -0.3 is 28.9 Å². The fourth-order valence-electron chi connectivity index (χ4n) is 4.91. The van der Waals surface area contributed by atoms with Crippen LogP contribution in [0.5, 0.6) is 0 Å². The van der Waals surface area contributed by atoms with Crippen LogP contribution in [0.25, 0.3) is 6.08 Å². The van der Waals surface area contributed by atoms with Gasteiger partial charge in [0.15, 0.2) is 12.1 Å². The third-order valence-electron chi connectivity index (χ3n) is 7.50. The normalized spacial score (nSPS) is 16.6.